The van der Waals surface area contributed by atoms with E-state index in [2.05, 4.69) is 4.98 Å². The van der Waals surface area contributed by atoms with E-state index >= 15 is 0 Å². The van der Waals surface area contributed by atoms with E-state index in [1.54, 1.807) is 12.1 Å². The minimum absolute atomic E-state index is 0.127. The molecule has 0 radical (unpaired) electrons. The lowest BCUT2D eigenvalue weighted by Crippen LogP contribution is -1.97. The molecule has 0 aliphatic rings. The Morgan fingerprint density at radius 1 is 1.11 bits per heavy atom. The van der Waals surface area contributed by atoms with Crippen molar-refractivity contribution in [2.75, 3.05) is 0 Å². The van der Waals surface area contributed by atoms with Gasteiger partial charge >= 0.3 is 5.97 Å². The number of benzene rings is 1. The van der Waals surface area contributed by atoms with Gasteiger partial charge in [0, 0.05) is 11.8 Å². The molecule has 0 saturated carbocycles. The molecule has 0 saturated heterocycles. The average Bonchev–Trinajstić information content (AvgIpc) is 2.36. The van der Waals surface area contributed by atoms with Crippen LogP contribution < -0.4 is 0 Å². The minimum Gasteiger partial charge on any atom is -0.478 e. The second-order valence-corrected chi connectivity index (χ2v) is 4.62. The second-order valence-electron chi connectivity index (χ2n) is 3.46. The smallest absolute Gasteiger partial charge is 0.335 e. The number of rotatable bonds is 2. The van der Waals surface area contributed by atoms with Gasteiger partial charge in [-0.2, -0.15) is 0 Å². The van der Waals surface area contributed by atoms with Crippen molar-refractivity contribution in [3.05, 3.63) is 51.1 Å². The van der Waals surface area contributed by atoms with Gasteiger partial charge in [0.25, 0.3) is 0 Å². The van der Waals surface area contributed by atoms with Crippen LogP contribution in [0.15, 0.2) is 30.5 Å². The summed E-state index contributed by atoms with van der Waals surface area (Å²) in [7, 11) is 0. The maximum atomic E-state index is 10.9. The Morgan fingerprint density at radius 3 is 2.50 bits per heavy atom. The van der Waals surface area contributed by atoms with E-state index in [1.807, 2.05) is 0 Å². The van der Waals surface area contributed by atoms with Crippen LogP contribution in [0, 0.1) is 0 Å². The molecule has 2 rings (SSSR count). The third kappa shape index (κ3) is 2.43. The molecule has 3 nitrogen and oxygen atoms in total. The normalized spacial score (nSPS) is 10.4. The monoisotopic (exact) mass is 301 g/mol. The number of carboxylic acids is 1. The van der Waals surface area contributed by atoms with Gasteiger partial charge in [0.05, 0.1) is 26.3 Å². The number of hydrogen-bond acceptors (Lipinski definition) is 2. The van der Waals surface area contributed by atoms with Crippen LogP contribution in [0.1, 0.15) is 10.4 Å². The molecule has 92 valence electrons. The molecule has 0 aliphatic heterocycles. The first-order chi connectivity index (χ1) is 8.50. The zero-order valence-electron chi connectivity index (χ0n) is 8.82. The summed E-state index contributed by atoms with van der Waals surface area (Å²) in [4.78, 5) is 15.0. The van der Waals surface area contributed by atoms with Gasteiger partial charge in [0.1, 0.15) is 0 Å². The summed E-state index contributed by atoms with van der Waals surface area (Å²) in [5.74, 6) is -1.03. The summed E-state index contributed by atoms with van der Waals surface area (Å²) < 4.78 is 0. The highest BCUT2D eigenvalue weighted by Crippen LogP contribution is 2.37. The molecule has 18 heavy (non-hydrogen) atoms. The van der Waals surface area contributed by atoms with Gasteiger partial charge in [-0.3, -0.25) is 4.98 Å². The molecule has 1 aromatic carbocycles. The van der Waals surface area contributed by atoms with Crippen molar-refractivity contribution < 1.29 is 9.90 Å². The van der Waals surface area contributed by atoms with Crippen molar-refractivity contribution in [1.82, 2.24) is 4.98 Å². The quantitative estimate of drug-likeness (QED) is 0.836. The van der Waals surface area contributed by atoms with Crippen molar-refractivity contribution in [2.45, 2.75) is 0 Å². The Labute approximate surface area is 118 Å². The maximum absolute atomic E-state index is 10.9. The fraction of sp³-hybridized carbons (Fsp3) is 0. The Kier molecular flexibility index (Phi) is 3.76. The molecule has 0 bridgehead atoms. The predicted octanol–water partition coefficient (Wildman–Crippen LogP) is 4.41. The molecular formula is C12H6Cl3NO2. The van der Waals surface area contributed by atoms with E-state index in [9.17, 15) is 4.79 Å². The first-order valence-corrected chi connectivity index (χ1v) is 5.97. The number of carboxylic acid groups (broad SMARTS) is 1. The summed E-state index contributed by atoms with van der Waals surface area (Å²) in [6.45, 7) is 0. The van der Waals surface area contributed by atoms with Gasteiger partial charge in [0.15, 0.2) is 0 Å². The molecule has 0 atom stereocenters. The summed E-state index contributed by atoms with van der Waals surface area (Å²) in [5.41, 5.74) is 1.09. The van der Waals surface area contributed by atoms with Gasteiger partial charge in [-0.15, -0.1) is 0 Å². The van der Waals surface area contributed by atoms with Crippen LogP contribution in [0.5, 0.6) is 0 Å². The second kappa shape index (κ2) is 5.14. The van der Waals surface area contributed by atoms with Gasteiger partial charge < -0.3 is 5.11 Å². The lowest BCUT2D eigenvalue weighted by Gasteiger charge is -2.07. The molecule has 6 heteroatoms. The Bertz CT molecular complexity index is 629. The number of nitrogens with zero attached hydrogens (tertiary/aromatic N) is 1. The molecule has 1 heterocycles. The first-order valence-electron chi connectivity index (χ1n) is 4.84. The van der Waals surface area contributed by atoms with Gasteiger partial charge in [0.2, 0.25) is 0 Å². The van der Waals surface area contributed by atoms with E-state index in [4.69, 9.17) is 39.9 Å². The molecule has 0 spiro atoms. The lowest BCUT2D eigenvalue weighted by molar-refractivity contribution is 0.0697. The average molecular weight is 303 g/mol. The highest BCUT2D eigenvalue weighted by atomic mass is 35.5. The van der Waals surface area contributed by atoms with Crippen LogP contribution in [-0.4, -0.2) is 16.1 Å². The van der Waals surface area contributed by atoms with Crippen LogP contribution in [0.25, 0.3) is 11.3 Å². The highest BCUT2D eigenvalue weighted by molar-refractivity contribution is 6.49. The van der Waals surface area contributed by atoms with E-state index < -0.39 is 5.97 Å². The van der Waals surface area contributed by atoms with Crippen LogP contribution in [0.3, 0.4) is 0 Å². The number of hydrogen-bond donors (Lipinski definition) is 1. The molecular weight excluding hydrogens is 296 g/mol. The molecule has 0 aliphatic carbocycles. The third-order valence-corrected chi connectivity index (χ3v) is 3.61. The lowest BCUT2D eigenvalue weighted by atomic mass is 10.1. The zero-order chi connectivity index (χ0) is 13.3. The Balaban J connectivity index is 2.59. The van der Waals surface area contributed by atoms with Crippen molar-refractivity contribution in [2.24, 2.45) is 0 Å². The molecule has 1 aromatic heterocycles. The number of halogens is 3. The molecule has 0 fully saturated rings. The largest absolute Gasteiger partial charge is 0.478 e. The zero-order valence-corrected chi connectivity index (χ0v) is 11.1. The van der Waals surface area contributed by atoms with E-state index in [0.29, 0.717) is 16.3 Å². The van der Waals surface area contributed by atoms with Crippen LogP contribution >= 0.6 is 34.8 Å². The third-order valence-electron chi connectivity index (χ3n) is 2.32. The topological polar surface area (TPSA) is 50.2 Å². The molecule has 0 unspecified atom stereocenters. The standard InChI is InChI=1S/C12H6Cl3NO2/c13-8-2-1-7(10(14)11(8)15)9-5-6(12(17)18)3-4-16-9/h1-5H,(H,17,18). The van der Waals surface area contributed by atoms with Crippen molar-refractivity contribution in [1.29, 1.82) is 0 Å². The molecule has 2 aromatic rings. The van der Waals surface area contributed by atoms with E-state index in [1.165, 1.54) is 18.3 Å². The molecule has 0 amide bonds. The van der Waals surface area contributed by atoms with Crippen molar-refractivity contribution in [3.8, 4) is 11.3 Å². The fourth-order valence-corrected chi connectivity index (χ4v) is 2.07. The first kappa shape index (κ1) is 13.1. The van der Waals surface area contributed by atoms with Gasteiger partial charge in [-0.1, -0.05) is 34.8 Å². The van der Waals surface area contributed by atoms with Crippen LogP contribution in [0.2, 0.25) is 15.1 Å². The Morgan fingerprint density at radius 2 is 1.83 bits per heavy atom. The fourth-order valence-electron chi connectivity index (χ4n) is 1.43. The highest BCUT2D eigenvalue weighted by Gasteiger charge is 2.13. The number of aromatic nitrogens is 1. The summed E-state index contributed by atoms with van der Waals surface area (Å²) >= 11 is 17.8. The minimum atomic E-state index is -1.03. The van der Waals surface area contributed by atoms with E-state index in [-0.39, 0.29) is 15.6 Å². The predicted molar refractivity (Wildman–Crippen MR) is 71.7 cm³/mol. The SMILES string of the molecule is O=C(O)c1ccnc(-c2ccc(Cl)c(Cl)c2Cl)c1. The number of aromatic carboxylic acids is 1. The van der Waals surface area contributed by atoms with Gasteiger partial charge in [-0.05, 0) is 24.3 Å². The van der Waals surface area contributed by atoms with Crippen molar-refractivity contribution >= 4 is 40.8 Å². The van der Waals surface area contributed by atoms with E-state index in [0.717, 1.165) is 0 Å². The van der Waals surface area contributed by atoms with Crippen LogP contribution in [0.4, 0.5) is 0 Å². The number of carbonyl (C=O) groups is 1. The molecule has 1 N–H and O–H groups in total. The summed E-state index contributed by atoms with van der Waals surface area (Å²) in [6, 6.07) is 6.05. The summed E-state index contributed by atoms with van der Waals surface area (Å²) in [6.07, 6.45) is 1.40. The maximum Gasteiger partial charge on any atom is 0.335 e. The van der Waals surface area contributed by atoms with Crippen molar-refractivity contribution in [3.63, 3.8) is 0 Å². The van der Waals surface area contributed by atoms with Gasteiger partial charge in [-0.25, -0.2) is 4.79 Å². The summed E-state index contributed by atoms with van der Waals surface area (Å²) in [5, 5.41) is 9.72. The van der Waals surface area contributed by atoms with Crippen LogP contribution in [-0.2, 0) is 0 Å². The Hall–Kier alpha value is -1.29. The number of pyridine rings is 1.